The average Bonchev–Trinajstić information content (AvgIpc) is 3.19. The van der Waals surface area contributed by atoms with Crippen molar-refractivity contribution in [3.05, 3.63) is 30.6 Å². The zero-order valence-corrected chi connectivity index (χ0v) is 14.6. The lowest BCUT2D eigenvalue weighted by Gasteiger charge is -2.17. The van der Waals surface area contributed by atoms with Crippen molar-refractivity contribution in [2.75, 3.05) is 23.3 Å². The number of alkyl halides is 2. The van der Waals surface area contributed by atoms with Gasteiger partial charge in [0.05, 0.1) is 29.7 Å². The molecule has 2 N–H and O–H groups in total. The molecule has 3 aromatic heterocycles. The number of aromatic nitrogens is 4. The summed E-state index contributed by atoms with van der Waals surface area (Å²) in [5, 5.41) is 11.6. The summed E-state index contributed by atoms with van der Waals surface area (Å²) in [5.74, 6) is 0.724. The Morgan fingerprint density at radius 1 is 1.15 bits per heavy atom. The summed E-state index contributed by atoms with van der Waals surface area (Å²) in [6.45, 7) is 4.17. The van der Waals surface area contributed by atoms with Crippen LogP contribution in [0.4, 0.5) is 20.3 Å². The second kappa shape index (κ2) is 6.51. The van der Waals surface area contributed by atoms with Crippen LogP contribution in [-0.2, 0) is 0 Å². The van der Waals surface area contributed by atoms with Gasteiger partial charge in [0, 0.05) is 24.1 Å². The Hall–Kier alpha value is -2.77. The molecule has 1 aliphatic heterocycles. The third-order valence-electron chi connectivity index (χ3n) is 4.43. The van der Waals surface area contributed by atoms with Gasteiger partial charge in [-0.05, 0) is 32.0 Å². The van der Waals surface area contributed by atoms with Gasteiger partial charge in [0.15, 0.2) is 12.3 Å². The number of nitrogens with one attached hydrogen (secondary N) is 2. The summed E-state index contributed by atoms with van der Waals surface area (Å²) in [6.07, 6.45) is 0.439. The maximum atomic E-state index is 13.5. The largest absolute Gasteiger partial charge is 0.367 e. The summed E-state index contributed by atoms with van der Waals surface area (Å²) in [5.41, 5.74) is 2.87. The van der Waals surface area contributed by atoms with Crippen molar-refractivity contribution in [2.45, 2.75) is 32.2 Å². The Morgan fingerprint density at radius 3 is 2.62 bits per heavy atom. The first-order valence-corrected chi connectivity index (χ1v) is 8.62. The highest BCUT2D eigenvalue weighted by molar-refractivity contribution is 6.00. The van der Waals surface area contributed by atoms with E-state index >= 15 is 0 Å². The fourth-order valence-electron chi connectivity index (χ4n) is 3.22. The van der Waals surface area contributed by atoms with Crippen LogP contribution in [-0.4, -0.2) is 51.6 Å². The molecular formula is C18H20F2N6. The van der Waals surface area contributed by atoms with Crippen molar-refractivity contribution < 1.29 is 8.78 Å². The average molecular weight is 358 g/mol. The first-order chi connectivity index (χ1) is 12.5. The normalized spacial score (nSPS) is 20.3. The van der Waals surface area contributed by atoms with Crippen LogP contribution in [0.1, 0.15) is 13.8 Å². The van der Waals surface area contributed by atoms with E-state index in [1.54, 1.807) is 23.4 Å². The van der Waals surface area contributed by atoms with Crippen LogP contribution in [0.15, 0.2) is 30.6 Å². The fraction of sp³-hybridized carbons (Fsp3) is 0.389. The van der Waals surface area contributed by atoms with E-state index in [-0.39, 0.29) is 19.1 Å². The van der Waals surface area contributed by atoms with Crippen molar-refractivity contribution >= 4 is 22.4 Å². The zero-order valence-electron chi connectivity index (χ0n) is 14.6. The quantitative estimate of drug-likeness (QED) is 0.749. The van der Waals surface area contributed by atoms with Gasteiger partial charge in [-0.3, -0.25) is 10.1 Å². The molecule has 1 fully saturated rings. The molecule has 1 unspecified atom stereocenters. The summed E-state index contributed by atoms with van der Waals surface area (Å²) in [6, 6.07) is 5.63. The van der Waals surface area contributed by atoms with E-state index < -0.39 is 12.3 Å². The van der Waals surface area contributed by atoms with Gasteiger partial charge in [-0.2, -0.15) is 5.10 Å². The lowest BCUT2D eigenvalue weighted by Crippen LogP contribution is -2.20. The fourth-order valence-corrected chi connectivity index (χ4v) is 3.22. The SMILES string of the molecule is CC(C)Nc1nccc2[nH]nc(-c3cc(N4CC(F)[C@H](F)C4)ccn3)c12. The third kappa shape index (κ3) is 2.95. The van der Waals surface area contributed by atoms with E-state index in [2.05, 4.69) is 25.5 Å². The molecule has 4 heterocycles. The first kappa shape index (κ1) is 16.7. The molecule has 0 spiro atoms. The van der Waals surface area contributed by atoms with Gasteiger partial charge in [-0.15, -0.1) is 0 Å². The standard InChI is InChI=1S/C18H20F2N6/c1-10(2)23-18-16-14(4-6-22-18)24-25-17(16)15-7-11(3-5-21-15)26-8-12(19)13(20)9-26/h3-7,10,12-13H,8-9H2,1-2H3,(H,22,23)(H,24,25)/t12-,13?/m1/s1. The van der Waals surface area contributed by atoms with Crippen LogP contribution in [0.3, 0.4) is 0 Å². The molecule has 1 aliphatic rings. The van der Waals surface area contributed by atoms with Crippen LogP contribution in [0.25, 0.3) is 22.3 Å². The van der Waals surface area contributed by atoms with Crippen LogP contribution in [0, 0.1) is 0 Å². The molecule has 0 aromatic carbocycles. The smallest absolute Gasteiger partial charge is 0.150 e. The van der Waals surface area contributed by atoms with E-state index in [0.717, 1.165) is 22.4 Å². The van der Waals surface area contributed by atoms with Crippen LogP contribution in [0.5, 0.6) is 0 Å². The van der Waals surface area contributed by atoms with Crippen molar-refractivity contribution in [2.24, 2.45) is 0 Å². The molecule has 136 valence electrons. The van der Waals surface area contributed by atoms with Crippen molar-refractivity contribution in [1.29, 1.82) is 0 Å². The minimum absolute atomic E-state index is 0.0492. The Bertz CT molecular complexity index is 915. The van der Waals surface area contributed by atoms with E-state index in [1.165, 1.54) is 0 Å². The number of H-pyrrole nitrogens is 1. The van der Waals surface area contributed by atoms with Gasteiger partial charge in [0.2, 0.25) is 0 Å². The zero-order chi connectivity index (χ0) is 18.3. The number of nitrogens with zero attached hydrogens (tertiary/aromatic N) is 4. The minimum Gasteiger partial charge on any atom is -0.367 e. The maximum Gasteiger partial charge on any atom is 0.150 e. The van der Waals surface area contributed by atoms with Crippen LogP contribution < -0.4 is 10.2 Å². The summed E-state index contributed by atoms with van der Waals surface area (Å²) >= 11 is 0. The van der Waals surface area contributed by atoms with Gasteiger partial charge in [-0.1, -0.05) is 0 Å². The van der Waals surface area contributed by atoms with Gasteiger partial charge < -0.3 is 10.2 Å². The molecule has 6 nitrogen and oxygen atoms in total. The first-order valence-electron chi connectivity index (χ1n) is 8.62. The number of rotatable bonds is 4. The van der Waals surface area contributed by atoms with E-state index in [1.807, 2.05) is 26.0 Å². The monoisotopic (exact) mass is 358 g/mol. The minimum atomic E-state index is -1.45. The van der Waals surface area contributed by atoms with E-state index in [0.29, 0.717) is 11.4 Å². The van der Waals surface area contributed by atoms with Crippen LogP contribution >= 0.6 is 0 Å². The Labute approximate surface area is 149 Å². The number of fused-ring (bicyclic) bond motifs is 1. The van der Waals surface area contributed by atoms with Crippen molar-refractivity contribution in [3.8, 4) is 11.4 Å². The molecule has 0 saturated carbocycles. The number of aromatic amines is 1. The molecule has 1 saturated heterocycles. The molecule has 8 heteroatoms. The highest BCUT2D eigenvalue weighted by Gasteiger charge is 2.33. The molecule has 0 aliphatic carbocycles. The third-order valence-corrected chi connectivity index (χ3v) is 4.43. The topological polar surface area (TPSA) is 69.7 Å². The van der Waals surface area contributed by atoms with Crippen molar-refractivity contribution in [3.63, 3.8) is 0 Å². The second-order valence-corrected chi connectivity index (χ2v) is 6.79. The predicted molar refractivity (Wildman–Crippen MR) is 97.9 cm³/mol. The highest BCUT2D eigenvalue weighted by atomic mass is 19.2. The molecule has 3 aromatic rings. The molecule has 0 bridgehead atoms. The lowest BCUT2D eigenvalue weighted by atomic mass is 10.1. The predicted octanol–water partition coefficient (Wildman–Crippen LogP) is 3.34. The number of anilines is 2. The van der Waals surface area contributed by atoms with Gasteiger partial charge in [0.1, 0.15) is 11.5 Å². The molecule has 0 amide bonds. The maximum absolute atomic E-state index is 13.5. The van der Waals surface area contributed by atoms with Gasteiger partial charge in [0.25, 0.3) is 0 Å². The highest BCUT2D eigenvalue weighted by Crippen LogP contribution is 2.32. The number of halogens is 2. The van der Waals surface area contributed by atoms with Crippen LogP contribution in [0.2, 0.25) is 0 Å². The number of hydrogen-bond donors (Lipinski definition) is 2. The van der Waals surface area contributed by atoms with Crippen molar-refractivity contribution in [1.82, 2.24) is 20.2 Å². The Kier molecular flexibility index (Phi) is 4.18. The molecule has 0 radical (unpaired) electrons. The number of hydrogen-bond acceptors (Lipinski definition) is 5. The Balaban J connectivity index is 1.75. The van der Waals surface area contributed by atoms with Gasteiger partial charge in [-0.25, -0.2) is 13.8 Å². The summed E-state index contributed by atoms with van der Waals surface area (Å²) in [4.78, 5) is 10.5. The molecular weight excluding hydrogens is 338 g/mol. The molecule has 2 atom stereocenters. The van der Waals surface area contributed by atoms with E-state index in [9.17, 15) is 8.78 Å². The summed E-state index contributed by atoms with van der Waals surface area (Å²) in [7, 11) is 0. The van der Waals surface area contributed by atoms with E-state index in [4.69, 9.17) is 0 Å². The summed E-state index contributed by atoms with van der Waals surface area (Å²) < 4.78 is 27.1. The Morgan fingerprint density at radius 2 is 1.88 bits per heavy atom. The molecule has 4 rings (SSSR count). The second-order valence-electron chi connectivity index (χ2n) is 6.79. The number of pyridine rings is 2. The molecule has 26 heavy (non-hydrogen) atoms. The lowest BCUT2D eigenvalue weighted by molar-refractivity contribution is 0.217. The van der Waals surface area contributed by atoms with Gasteiger partial charge >= 0.3 is 0 Å².